The van der Waals surface area contributed by atoms with Gasteiger partial charge in [-0.25, -0.2) is 8.78 Å². The Labute approximate surface area is 111 Å². The summed E-state index contributed by atoms with van der Waals surface area (Å²) in [5, 5.41) is 6.01. The molecule has 2 N–H and O–H groups in total. The largest absolute Gasteiger partial charge is 0.352 e. The highest BCUT2D eigenvalue weighted by Gasteiger charge is 2.34. The van der Waals surface area contributed by atoms with E-state index in [0.717, 1.165) is 38.1 Å². The second kappa shape index (κ2) is 5.65. The zero-order chi connectivity index (χ0) is 13.9. The molecule has 0 radical (unpaired) electrons. The van der Waals surface area contributed by atoms with E-state index in [9.17, 15) is 13.6 Å². The Balaban J connectivity index is 1.94. The van der Waals surface area contributed by atoms with Crippen LogP contribution in [0.3, 0.4) is 0 Å². The topological polar surface area (TPSA) is 41.1 Å². The minimum atomic E-state index is -0.889. The van der Waals surface area contributed by atoms with Crippen LogP contribution in [-0.4, -0.2) is 19.0 Å². The van der Waals surface area contributed by atoms with Crippen molar-refractivity contribution in [1.29, 1.82) is 0 Å². The number of hydrogen-bond donors (Lipinski definition) is 2. The Bertz CT molecular complexity index is 471. The Morgan fingerprint density at radius 2 is 2.00 bits per heavy atom. The first-order valence-corrected chi connectivity index (χ1v) is 6.44. The molecule has 0 bridgehead atoms. The second-order valence-corrected chi connectivity index (χ2v) is 5.24. The van der Waals surface area contributed by atoms with Gasteiger partial charge in [-0.2, -0.15) is 0 Å². The standard InChI is InChI=1S/C14H18F2N2O/c1-14(4-6-17-7-5-14)13(19)18-9-10-2-3-11(15)12(16)8-10/h2-3,8,17H,4-7,9H2,1H3,(H,18,19). The fraction of sp³-hybridized carbons (Fsp3) is 0.500. The number of halogens is 2. The van der Waals surface area contributed by atoms with Crippen LogP contribution in [-0.2, 0) is 11.3 Å². The Hall–Kier alpha value is -1.49. The second-order valence-electron chi connectivity index (χ2n) is 5.24. The number of amides is 1. The van der Waals surface area contributed by atoms with Gasteiger partial charge in [0.25, 0.3) is 0 Å². The average Bonchev–Trinajstić information content (AvgIpc) is 2.40. The van der Waals surface area contributed by atoms with Gasteiger partial charge in [0, 0.05) is 12.0 Å². The van der Waals surface area contributed by atoms with Crippen molar-refractivity contribution < 1.29 is 13.6 Å². The van der Waals surface area contributed by atoms with E-state index < -0.39 is 11.6 Å². The molecule has 0 unspecified atom stereocenters. The SMILES string of the molecule is CC1(C(=O)NCc2ccc(F)c(F)c2)CCNCC1. The Morgan fingerprint density at radius 1 is 1.32 bits per heavy atom. The first kappa shape index (κ1) is 13.9. The zero-order valence-electron chi connectivity index (χ0n) is 10.9. The maximum absolute atomic E-state index is 13.0. The lowest BCUT2D eigenvalue weighted by atomic mass is 9.80. The summed E-state index contributed by atoms with van der Waals surface area (Å²) >= 11 is 0. The van der Waals surface area contributed by atoms with E-state index in [4.69, 9.17) is 0 Å². The minimum absolute atomic E-state index is 0.0290. The van der Waals surface area contributed by atoms with Crippen LogP contribution in [0, 0.1) is 17.0 Å². The van der Waals surface area contributed by atoms with Gasteiger partial charge in [-0.1, -0.05) is 13.0 Å². The molecular formula is C14H18F2N2O. The fourth-order valence-electron chi connectivity index (χ4n) is 2.25. The van der Waals surface area contributed by atoms with Crippen molar-refractivity contribution >= 4 is 5.91 Å². The summed E-state index contributed by atoms with van der Waals surface area (Å²) in [6, 6.07) is 3.66. The van der Waals surface area contributed by atoms with Gasteiger partial charge in [0.2, 0.25) is 5.91 Å². The Morgan fingerprint density at radius 3 is 2.63 bits per heavy atom. The first-order chi connectivity index (χ1) is 9.01. The van der Waals surface area contributed by atoms with Gasteiger partial charge in [-0.15, -0.1) is 0 Å². The highest BCUT2D eigenvalue weighted by atomic mass is 19.2. The van der Waals surface area contributed by atoms with Crippen molar-refractivity contribution in [2.75, 3.05) is 13.1 Å². The van der Waals surface area contributed by atoms with Crippen LogP contribution in [0.1, 0.15) is 25.3 Å². The third kappa shape index (κ3) is 3.29. The van der Waals surface area contributed by atoms with E-state index in [1.54, 1.807) is 0 Å². The number of rotatable bonds is 3. The first-order valence-electron chi connectivity index (χ1n) is 6.44. The smallest absolute Gasteiger partial charge is 0.226 e. The molecule has 0 spiro atoms. The predicted octanol–water partition coefficient (Wildman–Crippen LogP) is 1.97. The molecule has 1 aliphatic heterocycles. The Kier molecular flexibility index (Phi) is 4.14. The predicted molar refractivity (Wildman–Crippen MR) is 68.4 cm³/mol. The lowest BCUT2D eigenvalue weighted by Crippen LogP contribution is -2.45. The molecule has 1 aliphatic rings. The molecule has 104 valence electrons. The maximum atomic E-state index is 13.0. The van der Waals surface area contributed by atoms with Crippen molar-refractivity contribution in [3.05, 3.63) is 35.4 Å². The molecule has 1 fully saturated rings. The highest BCUT2D eigenvalue weighted by Crippen LogP contribution is 2.28. The van der Waals surface area contributed by atoms with E-state index in [-0.39, 0.29) is 17.9 Å². The third-order valence-corrected chi connectivity index (χ3v) is 3.69. The van der Waals surface area contributed by atoms with Gasteiger partial charge >= 0.3 is 0 Å². The van der Waals surface area contributed by atoms with Gasteiger partial charge in [0.1, 0.15) is 0 Å². The molecule has 0 aromatic heterocycles. The molecule has 0 aliphatic carbocycles. The van der Waals surface area contributed by atoms with Gasteiger partial charge in [-0.3, -0.25) is 4.79 Å². The molecule has 1 saturated heterocycles. The van der Waals surface area contributed by atoms with E-state index in [0.29, 0.717) is 5.56 Å². The molecule has 1 amide bonds. The van der Waals surface area contributed by atoms with Crippen LogP contribution in [0.2, 0.25) is 0 Å². The molecule has 0 saturated carbocycles. The number of carbonyl (C=O) groups excluding carboxylic acids is 1. The molecule has 0 atom stereocenters. The van der Waals surface area contributed by atoms with Gasteiger partial charge in [0.05, 0.1) is 0 Å². The number of piperidine rings is 1. The third-order valence-electron chi connectivity index (χ3n) is 3.69. The fourth-order valence-corrected chi connectivity index (χ4v) is 2.25. The number of carbonyl (C=O) groups is 1. The van der Waals surface area contributed by atoms with Gasteiger partial charge < -0.3 is 10.6 Å². The number of benzene rings is 1. The molecule has 1 aromatic rings. The highest BCUT2D eigenvalue weighted by molar-refractivity contribution is 5.82. The molecule has 19 heavy (non-hydrogen) atoms. The van der Waals surface area contributed by atoms with Crippen LogP contribution in [0.15, 0.2) is 18.2 Å². The van der Waals surface area contributed by atoms with E-state index in [1.165, 1.54) is 6.07 Å². The molecule has 1 aromatic carbocycles. The summed E-state index contributed by atoms with van der Waals surface area (Å²) in [6.45, 7) is 3.82. The van der Waals surface area contributed by atoms with Crippen molar-refractivity contribution in [2.45, 2.75) is 26.3 Å². The van der Waals surface area contributed by atoms with Crippen LogP contribution >= 0.6 is 0 Å². The van der Waals surface area contributed by atoms with Crippen LogP contribution in [0.5, 0.6) is 0 Å². The molecule has 5 heteroatoms. The summed E-state index contributed by atoms with van der Waals surface area (Å²) in [6.07, 6.45) is 1.58. The van der Waals surface area contributed by atoms with Crippen molar-refractivity contribution in [2.24, 2.45) is 5.41 Å². The lowest BCUT2D eigenvalue weighted by Gasteiger charge is -2.32. The summed E-state index contributed by atoms with van der Waals surface area (Å²) in [5.41, 5.74) is 0.189. The van der Waals surface area contributed by atoms with E-state index in [1.807, 2.05) is 6.92 Å². The van der Waals surface area contributed by atoms with E-state index in [2.05, 4.69) is 10.6 Å². The van der Waals surface area contributed by atoms with E-state index >= 15 is 0 Å². The summed E-state index contributed by atoms with van der Waals surface area (Å²) < 4.78 is 25.8. The monoisotopic (exact) mass is 268 g/mol. The van der Waals surface area contributed by atoms with Crippen molar-refractivity contribution in [3.8, 4) is 0 Å². The maximum Gasteiger partial charge on any atom is 0.226 e. The van der Waals surface area contributed by atoms with Crippen LogP contribution < -0.4 is 10.6 Å². The minimum Gasteiger partial charge on any atom is -0.352 e. The number of hydrogen-bond acceptors (Lipinski definition) is 2. The average molecular weight is 268 g/mol. The van der Waals surface area contributed by atoms with Crippen LogP contribution in [0.4, 0.5) is 8.78 Å². The molecule has 1 heterocycles. The zero-order valence-corrected chi connectivity index (χ0v) is 10.9. The summed E-state index contributed by atoms with van der Waals surface area (Å²) in [4.78, 5) is 12.1. The van der Waals surface area contributed by atoms with Gasteiger partial charge in [-0.05, 0) is 43.6 Å². The van der Waals surface area contributed by atoms with Crippen molar-refractivity contribution in [1.82, 2.24) is 10.6 Å². The quantitative estimate of drug-likeness (QED) is 0.880. The molecule has 3 nitrogen and oxygen atoms in total. The number of nitrogens with one attached hydrogen (secondary N) is 2. The molecule has 2 rings (SSSR count). The molecular weight excluding hydrogens is 250 g/mol. The van der Waals surface area contributed by atoms with Gasteiger partial charge in [0.15, 0.2) is 11.6 Å². The normalized spacial score (nSPS) is 18.1. The summed E-state index contributed by atoms with van der Waals surface area (Å²) in [7, 11) is 0. The van der Waals surface area contributed by atoms with Crippen LogP contribution in [0.25, 0.3) is 0 Å². The van der Waals surface area contributed by atoms with Crippen molar-refractivity contribution in [3.63, 3.8) is 0 Å². The summed E-state index contributed by atoms with van der Waals surface area (Å²) in [5.74, 6) is -1.79. The lowest BCUT2D eigenvalue weighted by molar-refractivity contribution is -0.131.